The van der Waals surface area contributed by atoms with Crippen molar-refractivity contribution in [2.75, 3.05) is 0 Å². The summed E-state index contributed by atoms with van der Waals surface area (Å²) in [5.74, 6) is -0.200. The van der Waals surface area contributed by atoms with E-state index in [4.69, 9.17) is 0 Å². The van der Waals surface area contributed by atoms with Crippen LogP contribution in [0.1, 0.15) is 16.8 Å². The van der Waals surface area contributed by atoms with Crippen LogP contribution in [0.4, 0.5) is 4.39 Å². The Balaban J connectivity index is 1.74. The maximum atomic E-state index is 12.9. The second-order valence-electron chi connectivity index (χ2n) is 5.17. The molecule has 0 aliphatic rings. The number of aryl methyl sites for hydroxylation is 1. The van der Waals surface area contributed by atoms with Gasteiger partial charge in [-0.1, -0.05) is 30.3 Å². The zero-order valence-electron chi connectivity index (χ0n) is 11.9. The number of nitrogens with zero attached hydrogens (tertiary/aromatic N) is 1. The van der Waals surface area contributed by atoms with Crippen molar-refractivity contribution < 1.29 is 4.39 Å². The second-order valence-corrected chi connectivity index (χ2v) is 5.17. The summed E-state index contributed by atoms with van der Waals surface area (Å²) < 4.78 is 12.9. The van der Waals surface area contributed by atoms with Gasteiger partial charge in [0.15, 0.2) is 0 Å². The quantitative estimate of drug-likeness (QED) is 0.782. The monoisotopic (exact) mass is 280 g/mol. The largest absolute Gasteiger partial charge is 0.309 e. The van der Waals surface area contributed by atoms with Gasteiger partial charge in [0, 0.05) is 24.2 Å². The van der Waals surface area contributed by atoms with Crippen LogP contribution >= 0.6 is 0 Å². The number of pyridine rings is 1. The van der Waals surface area contributed by atoms with Crippen LogP contribution in [0.15, 0.2) is 54.6 Å². The number of hydrogen-bond donors (Lipinski definition) is 1. The minimum atomic E-state index is -0.200. The maximum Gasteiger partial charge on any atom is 0.123 e. The molecule has 1 aromatic heterocycles. The second kappa shape index (κ2) is 6.02. The Hall–Kier alpha value is -2.26. The van der Waals surface area contributed by atoms with Crippen LogP contribution in [0.25, 0.3) is 10.9 Å². The SMILES string of the molecule is Cc1cc(CNCc2ccc(F)cc2)c2ccccc2n1. The van der Waals surface area contributed by atoms with Crippen molar-refractivity contribution in [3.63, 3.8) is 0 Å². The van der Waals surface area contributed by atoms with Crippen LogP contribution in [0.3, 0.4) is 0 Å². The zero-order valence-corrected chi connectivity index (χ0v) is 11.9. The van der Waals surface area contributed by atoms with Gasteiger partial charge in [-0.25, -0.2) is 4.39 Å². The molecule has 0 aliphatic heterocycles. The van der Waals surface area contributed by atoms with Crippen molar-refractivity contribution in [1.82, 2.24) is 10.3 Å². The number of fused-ring (bicyclic) bond motifs is 1. The standard InChI is InChI=1S/C18H17FN2/c1-13-10-15(17-4-2-3-5-18(17)21-13)12-20-11-14-6-8-16(19)9-7-14/h2-10,20H,11-12H2,1H3. The van der Waals surface area contributed by atoms with E-state index in [1.807, 2.05) is 25.1 Å². The summed E-state index contributed by atoms with van der Waals surface area (Å²) in [6.45, 7) is 3.49. The third-order valence-corrected chi connectivity index (χ3v) is 3.49. The van der Waals surface area contributed by atoms with E-state index in [0.717, 1.165) is 29.9 Å². The van der Waals surface area contributed by atoms with Crippen LogP contribution < -0.4 is 5.32 Å². The van der Waals surface area contributed by atoms with E-state index >= 15 is 0 Å². The van der Waals surface area contributed by atoms with Crippen LogP contribution in [-0.4, -0.2) is 4.98 Å². The first-order valence-electron chi connectivity index (χ1n) is 7.03. The van der Waals surface area contributed by atoms with E-state index in [2.05, 4.69) is 22.4 Å². The normalized spacial score (nSPS) is 11.0. The van der Waals surface area contributed by atoms with E-state index in [1.165, 1.54) is 23.1 Å². The predicted molar refractivity (Wildman–Crippen MR) is 83.4 cm³/mol. The first kappa shape index (κ1) is 13.7. The van der Waals surface area contributed by atoms with Crippen molar-refractivity contribution >= 4 is 10.9 Å². The van der Waals surface area contributed by atoms with Gasteiger partial charge in [0.2, 0.25) is 0 Å². The summed E-state index contributed by atoms with van der Waals surface area (Å²) in [5.41, 5.74) is 4.36. The first-order valence-corrected chi connectivity index (χ1v) is 7.03. The number of rotatable bonds is 4. The number of benzene rings is 2. The fourth-order valence-corrected chi connectivity index (χ4v) is 2.48. The molecular weight excluding hydrogens is 263 g/mol. The highest BCUT2D eigenvalue weighted by Gasteiger charge is 2.03. The van der Waals surface area contributed by atoms with Gasteiger partial charge in [0.05, 0.1) is 5.52 Å². The highest BCUT2D eigenvalue weighted by molar-refractivity contribution is 5.82. The highest BCUT2D eigenvalue weighted by atomic mass is 19.1. The number of halogens is 1. The summed E-state index contributed by atoms with van der Waals surface area (Å²) >= 11 is 0. The van der Waals surface area contributed by atoms with Crippen molar-refractivity contribution in [2.24, 2.45) is 0 Å². The number of nitrogens with one attached hydrogen (secondary N) is 1. The number of aromatic nitrogens is 1. The molecule has 3 aromatic rings. The summed E-state index contributed by atoms with van der Waals surface area (Å²) in [5, 5.41) is 4.58. The Kier molecular flexibility index (Phi) is 3.93. The Morgan fingerprint density at radius 3 is 2.57 bits per heavy atom. The topological polar surface area (TPSA) is 24.9 Å². The van der Waals surface area contributed by atoms with Gasteiger partial charge >= 0.3 is 0 Å². The summed E-state index contributed by atoms with van der Waals surface area (Å²) in [6, 6.07) is 16.9. The van der Waals surface area contributed by atoms with Crippen molar-refractivity contribution in [3.05, 3.63) is 77.2 Å². The molecule has 0 aliphatic carbocycles. The van der Waals surface area contributed by atoms with Gasteiger partial charge < -0.3 is 5.32 Å². The maximum absolute atomic E-state index is 12.9. The Morgan fingerprint density at radius 2 is 1.76 bits per heavy atom. The lowest BCUT2D eigenvalue weighted by atomic mass is 10.1. The van der Waals surface area contributed by atoms with Gasteiger partial charge in [-0.2, -0.15) is 0 Å². The van der Waals surface area contributed by atoms with Crippen LogP contribution in [0, 0.1) is 12.7 Å². The summed E-state index contributed by atoms with van der Waals surface area (Å²) in [6.07, 6.45) is 0. The molecule has 0 radical (unpaired) electrons. The van der Waals surface area contributed by atoms with Gasteiger partial charge in [-0.05, 0) is 42.3 Å². The summed E-state index contributed by atoms with van der Waals surface area (Å²) in [4.78, 5) is 4.54. The minimum Gasteiger partial charge on any atom is -0.309 e. The molecule has 3 heteroatoms. The Labute approximate surface area is 123 Å². The van der Waals surface area contributed by atoms with Crippen molar-refractivity contribution in [1.29, 1.82) is 0 Å². The molecule has 0 amide bonds. The van der Waals surface area contributed by atoms with Crippen LogP contribution in [0.2, 0.25) is 0 Å². The molecule has 0 unspecified atom stereocenters. The molecule has 2 nitrogen and oxygen atoms in total. The predicted octanol–water partition coefficient (Wildman–Crippen LogP) is 3.97. The number of para-hydroxylation sites is 1. The molecule has 0 spiro atoms. The lowest BCUT2D eigenvalue weighted by Crippen LogP contribution is -2.13. The van der Waals surface area contributed by atoms with E-state index < -0.39 is 0 Å². The smallest absolute Gasteiger partial charge is 0.123 e. The molecule has 0 saturated carbocycles. The average Bonchev–Trinajstić information content (AvgIpc) is 2.49. The molecule has 0 atom stereocenters. The van der Waals surface area contributed by atoms with Crippen LogP contribution in [-0.2, 0) is 13.1 Å². The Bertz CT molecular complexity index is 751. The molecule has 0 saturated heterocycles. The lowest BCUT2D eigenvalue weighted by Gasteiger charge is -2.09. The molecule has 0 bridgehead atoms. The third-order valence-electron chi connectivity index (χ3n) is 3.49. The molecule has 2 aromatic carbocycles. The van der Waals surface area contributed by atoms with E-state index in [1.54, 1.807) is 12.1 Å². The Morgan fingerprint density at radius 1 is 1.00 bits per heavy atom. The molecule has 0 fully saturated rings. The number of hydrogen-bond acceptors (Lipinski definition) is 2. The lowest BCUT2D eigenvalue weighted by molar-refractivity contribution is 0.625. The molecule has 21 heavy (non-hydrogen) atoms. The van der Waals surface area contributed by atoms with Gasteiger partial charge in [0.1, 0.15) is 5.82 Å². The zero-order chi connectivity index (χ0) is 14.7. The van der Waals surface area contributed by atoms with E-state index in [9.17, 15) is 4.39 Å². The molecule has 3 rings (SSSR count). The fraction of sp³-hybridized carbons (Fsp3) is 0.167. The van der Waals surface area contributed by atoms with Crippen molar-refractivity contribution in [2.45, 2.75) is 20.0 Å². The average molecular weight is 280 g/mol. The van der Waals surface area contributed by atoms with Gasteiger partial charge in [0.25, 0.3) is 0 Å². The molecule has 1 N–H and O–H groups in total. The van der Waals surface area contributed by atoms with Gasteiger partial charge in [-0.3, -0.25) is 4.98 Å². The fourth-order valence-electron chi connectivity index (χ4n) is 2.48. The van der Waals surface area contributed by atoms with Gasteiger partial charge in [-0.15, -0.1) is 0 Å². The third kappa shape index (κ3) is 3.26. The van der Waals surface area contributed by atoms with E-state index in [0.29, 0.717) is 0 Å². The molecular formula is C18H17FN2. The minimum absolute atomic E-state index is 0.200. The van der Waals surface area contributed by atoms with Crippen LogP contribution in [0.5, 0.6) is 0 Å². The van der Waals surface area contributed by atoms with Crippen molar-refractivity contribution in [3.8, 4) is 0 Å². The van der Waals surface area contributed by atoms with E-state index in [-0.39, 0.29) is 5.82 Å². The first-order chi connectivity index (χ1) is 10.2. The highest BCUT2D eigenvalue weighted by Crippen LogP contribution is 2.18. The molecule has 106 valence electrons. The summed E-state index contributed by atoms with van der Waals surface area (Å²) in [7, 11) is 0. The molecule has 1 heterocycles.